The van der Waals surface area contributed by atoms with E-state index in [0.717, 1.165) is 7.11 Å². The minimum Gasteiger partial charge on any atom is -0.491 e. The van der Waals surface area contributed by atoms with Gasteiger partial charge in [-0.2, -0.15) is 8.78 Å². The number of hydrogen-bond donors (Lipinski definition) is 0. The predicted molar refractivity (Wildman–Crippen MR) is 89.3 cm³/mol. The average molecular weight is 384 g/mol. The standard InChI is InChI=1S/C19H16F4O4/c1-10(8-14(24)25-2)11-4-6-12(7-5-11)27-9-13-15(20)17(22)19(26-3)18(23)16(13)21/h4-8H,9H2,1-3H3. The van der Waals surface area contributed by atoms with Crippen LogP contribution in [0.25, 0.3) is 5.57 Å². The van der Waals surface area contributed by atoms with E-state index in [1.165, 1.54) is 25.3 Å². The van der Waals surface area contributed by atoms with Crippen LogP contribution in [0, 0.1) is 23.3 Å². The van der Waals surface area contributed by atoms with Gasteiger partial charge in [0.05, 0.1) is 19.8 Å². The monoisotopic (exact) mass is 384 g/mol. The van der Waals surface area contributed by atoms with Gasteiger partial charge in [0.2, 0.25) is 11.6 Å². The van der Waals surface area contributed by atoms with Crippen LogP contribution in [0.2, 0.25) is 0 Å². The second kappa shape index (κ2) is 8.57. The molecular weight excluding hydrogens is 368 g/mol. The summed E-state index contributed by atoms with van der Waals surface area (Å²) in [6.07, 6.45) is 1.30. The lowest BCUT2D eigenvalue weighted by Crippen LogP contribution is -2.09. The van der Waals surface area contributed by atoms with Gasteiger partial charge in [-0.1, -0.05) is 12.1 Å². The van der Waals surface area contributed by atoms with Gasteiger partial charge < -0.3 is 14.2 Å². The summed E-state index contributed by atoms with van der Waals surface area (Å²) in [5.41, 5.74) is 0.424. The van der Waals surface area contributed by atoms with Crippen molar-refractivity contribution in [1.82, 2.24) is 0 Å². The Kier molecular flexibility index (Phi) is 6.44. The van der Waals surface area contributed by atoms with Crippen molar-refractivity contribution < 1.29 is 36.6 Å². The van der Waals surface area contributed by atoms with Crippen LogP contribution < -0.4 is 9.47 Å². The van der Waals surface area contributed by atoms with Gasteiger partial charge in [-0.15, -0.1) is 0 Å². The minimum absolute atomic E-state index is 0.208. The summed E-state index contributed by atoms with van der Waals surface area (Å²) in [6.45, 7) is 0.965. The van der Waals surface area contributed by atoms with Gasteiger partial charge in [0.15, 0.2) is 17.4 Å². The van der Waals surface area contributed by atoms with Crippen LogP contribution in [0.4, 0.5) is 17.6 Å². The molecule has 0 fully saturated rings. The molecule has 0 aliphatic carbocycles. The molecule has 0 saturated heterocycles. The van der Waals surface area contributed by atoms with Crippen LogP contribution in [0.3, 0.4) is 0 Å². The summed E-state index contributed by atoms with van der Waals surface area (Å²) in [4.78, 5) is 11.2. The summed E-state index contributed by atoms with van der Waals surface area (Å²) in [5.74, 6) is -7.87. The van der Waals surface area contributed by atoms with Gasteiger partial charge in [-0.05, 0) is 30.2 Å². The third-order valence-corrected chi connectivity index (χ3v) is 3.75. The fraction of sp³-hybridized carbons (Fsp3) is 0.211. The molecule has 0 atom stereocenters. The molecule has 0 aliphatic heterocycles. The largest absolute Gasteiger partial charge is 0.491 e. The first-order chi connectivity index (χ1) is 12.8. The molecule has 0 bridgehead atoms. The number of allylic oxidation sites excluding steroid dienone is 1. The van der Waals surface area contributed by atoms with Crippen molar-refractivity contribution in [3.63, 3.8) is 0 Å². The molecule has 2 aromatic carbocycles. The summed E-state index contributed by atoms with van der Waals surface area (Å²) < 4.78 is 69.3. The van der Waals surface area contributed by atoms with E-state index in [9.17, 15) is 22.4 Å². The number of esters is 1. The van der Waals surface area contributed by atoms with E-state index in [2.05, 4.69) is 9.47 Å². The number of carbonyl (C=O) groups is 1. The van der Waals surface area contributed by atoms with Crippen molar-refractivity contribution in [2.24, 2.45) is 0 Å². The number of hydrogen-bond acceptors (Lipinski definition) is 4. The molecule has 0 unspecified atom stereocenters. The van der Waals surface area contributed by atoms with Crippen molar-refractivity contribution >= 4 is 11.5 Å². The molecular formula is C19H16F4O4. The highest BCUT2D eigenvalue weighted by molar-refractivity contribution is 5.90. The summed E-state index contributed by atoms with van der Waals surface area (Å²) in [7, 11) is 2.15. The molecule has 0 aliphatic rings. The molecule has 0 amide bonds. The van der Waals surface area contributed by atoms with Crippen LogP contribution in [0.15, 0.2) is 30.3 Å². The maximum Gasteiger partial charge on any atom is 0.330 e. The van der Waals surface area contributed by atoms with Gasteiger partial charge in [-0.25, -0.2) is 13.6 Å². The van der Waals surface area contributed by atoms with Gasteiger partial charge >= 0.3 is 5.97 Å². The van der Waals surface area contributed by atoms with Crippen molar-refractivity contribution in [2.45, 2.75) is 13.5 Å². The number of benzene rings is 2. The maximum atomic E-state index is 13.9. The number of ether oxygens (including phenoxy) is 3. The van der Waals surface area contributed by atoms with E-state index in [1.54, 1.807) is 19.1 Å². The quantitative estimate of drug-likeness (QED) is 0.320. The van der Waals surface area contributed by atoms with E-state index in [0.29, 0.717) is 11.1 Å². The summed E-state index contributed by atoms with van der Waals surface area (Å²) in [6, 6.07) is 6.17. The fourth-order valence-corrected chi connectivity index (χ4v) is 2.25. The molecule has 2 rings (SSSR count). The summed E-state index contributed by atoms with van der Waals surface area (Å²) in [5, 5.41) is 0. The topological polar surface area (TPSA) is 44.8 Å². The van der Waals surface area contributed by atoms with Crippen molar-refractivity contribution in [2.75, 3.05) is 14.2 Å². The highest BCUT2D eigenvalue weighted by Gasteiger charge is 2.26. The Balaban J connectivity index is 2.19. The molecule has 0 saturated carbocycles. The molecule has 144 valence electrons. The number of rotatable bonds is 6. The normalized spacial score (nSPS) is 11.3. The molecule has 27 heavy (non-hydrogen) atoms. The van der Waals surface area contributed by atoms with Crippen LogP contribution in [-0.4, -0.2) is 20.2 Å². The Morgan fingerprint density at radius 2 is 1.52 bits per heavy atom. The zero-order valence-electron chi connectivity index (χ0n) is 14.7. The number of carbonyl (C=O) groups excluding carboxylic acids is 1. The van der Waals surface area contributed by atoms with Crippen molar-refractivity contribution in [3.8, 4) is 11.5 Å². The van der Waals surface area contributed by atoms with Crippen molar-refractivity contribution in [1.29, 1.82) is 0 Å². The first-order valence-corrected chi connectivity index (χ1v) is 7.68. The van der Waals surface area contributed by atoms with Crippen molar-refractivity contribution in [3.05, 3.63) is 64.7 Å². The summed E-state index contributed by atoms with van der Waals surface area (Å²) >= 11 is 0. The SMILES string of the molecule is COC(=O)C=C(C)c1ccc(OCc2c(F)c(F)c(OC)c(F)c2F)cc1. The average Bonchev–Trinajstić information content (AvgIpc) is 2.67. The maximum absolute atomic E-state index is 13.9. The third kappa shape index (κ3) is 4.39. The lowest BCUT2D eigenvalue weighted by Gasteiger charge is -2.12. The highest BCUT2D eigenvalue weighted by Crippen LogP contribution is 2.30. The minimum atomic E-state index is -1.63. The molecule has 4 nitrogen and oxygen atoms in total. The first kappa shape index (κ1) is 20.3. The molecule has 8 heteroatoms. The van der Waals surface area contributed by atoms with Gasteiger partial charge in [0.25, 0.3) is 0 Å². The second-order valence-corrected chi connectivity index (χ2v) is 5.43. The lowest BCUT2D eigenvalue weighted by atomic mass is 10.1. The zero-order valence-corrected chi connectivity index (χ0v) is 14.7. The van der Waals surface area contributed by atoms with E-state index >= 15 is 0 Å². The van der Waals surface area contributed by atoms with E-state index in [1.807, 2.05) is 0 Å². The van der Waals surface area contributed by atoms with Gasteiger partial charge in [0.1, 0.15) is 12.4 Å². The molecule has 2 aromatic rings. The predicted octanol–water partition coefficient (Wildman–Crippen LogP) is 4.41. The Bertz CT molecular complexity index is 847. The molecule has 0 aromatic heterocycles. The lowest BCUT2D eigenvalue weighted by molar-refractivity contribution is -0.134. The highest BCUT2D eigenvalue weighted by atomic mass is 19.2. The van der Waals surface area contributed by atoms with E-state index in [4.69, 9.17) is 4.74 Å². The Morgan fingerprint density at radius 3 is 2.00 bits per heavy atom. The van der Waals surface area contributed by atoms with Crippen LogP contribution >= 0.6 is 0 Å². The van der Waals surface area contributed by atoms with Gasteiger partial charge in [0, 0.05) is 6.08 Å². The first-order valence-electron chi connectivity index (χ1n) is 7.68. The molecule has 0 spiro atoms. The second-order valence-electron chi connectivity index (χ2n) is 5.43. The smallest absolute Gasteiger partial charge is 0.330 e. The van der Waals surface area contributed by atoms with Crippen LogP contribution in [0.1, 0.15) is 18.1 Å². The van der Waals surface area contributed by atoms with E-state index in [-0.39, 0.29) is 5.75 Å². The third-order valence-electron chi connectivity index (χ3n) is 3.75. The van der Waals surface area contributed by atoms with E-state index < -0.39 is 47.2 Å². The van der Waals surface area contributed by atoms with Crippen LogP contribution in [0.5, 0.6) is 11.5 Å². The Morgan fingerprint density at radius 1 is 0.963 bits per heavy atom. The Hall–Kier alpha value is -3.03. The molecule has 0 radical (unpaired) electrons. The number of methoxy groups -OCH3 is 2. The fourth-order valence-electron chi connectivity index (χ4n) is 2.25. The molecule has 0 heterocycles. The van der Waals surface area contributed by atoms with Crippen LogP contribution in [-0.2, 0) is 16.1 Å². The number of halogens is 4. The Labute approximate surface area is 153 Å². The zero-order chi connectivity index (χ0) is 20.1. The molecule has 0 N–H and O–H groups in total. The van der Waals surface area contributed by atoms with Gasteiger partial charge in [-0.3, -0.25) is 0 Å².